The Kier molecular flexibility index (Phi) is 6.07. The normalized spacial score (nSPS) is 18.9. The molecule has 1 amide bonds. The number of tetrazole rings is 1. The zero-order chi connectivity index (χ0) is 23.6. The van der Waals surface area contributed by atoms with Gasteiger partial charge in [0.15, 0.2) is 0 Å². The Labute approximate surface area is 188 Å². The van der Waals surface area contributed by atoms with Crippen molar-refractivity contribution in [2.45, 2.75) is 38.1 Å². The van der Waals surface area contributed by atoms with Gasteiger partial charge >= 0.3 is 6.18 Å². The molecular weight excluding hydrogens is 437 g/mol. The van der Waals surface area contributed by atoms with E-state index in [2.05, 4.69) is 20.7 Å². The van der Waals surface area contributed by atoms with Crippen LogP contribution in [0.2, 0.25) is 0 Å². The van der Waals surface area contributed by atoms with Crippen LogP contribution in [0.1, 0.15) is 25.3 Å². The van der Waals surface area contributed by atoms with Gasteiger partial charge in [-0.2, -0.15) is 18.0 Å². The summed E-state index contributed by atoms with van der Waals surface area (Å²) >= 11 is 0. The topological polar surface area (TPSA) is 96.2 Å². The van der Waals surface area contributed by atoms with Crippen molar-refractivity contribution in [2.24, 2.45) is 0 Å². The summed E-state index contributed by atoms with van der Waals surface area (Å²) in [5, 5.41) is 26.5. The minimum absolute atomic E-state index is 0.0816. The molecule has 1 atom stereocenters. The Balaban J connectivity index is 1.51. The first-order valence-corrected chi connectivity index (χ1v) is 10.4. The maximum Gasteiger partial charge on any atom is 0.416 e. The second-order valence-electron chi connectivity index (χ2n) is 8.16. The van der Waals surface area contributed by atoms with Gasteiger partial charge in [-0.1, -0.05) is 12.1 Å². The molecule has 33 heavy (non-hydrogen) atoms. The third kappa shape index (κ3) is 5.30. The number of likely N-dealkylation sites (tertiary alicyclic amines) is 1. The van der Waals surface area contributed by atoms with Crippen molar-refractivity contribution in [1.29, 1.82) is 0 Å². The molecule has 1 unspecified atom stereocenters. The van der Waals surface area contributed by atoms with Crippen molar-refractivity contribution >= 4 is 17.3 Å². The second-order valence-corrected chi connectivity index (χ2v) is 8.16. The number of anilines is 2. The number of rotatable bonds is 5. The fraction of sp³-hybridized carbons (Fsp3) is 0.364. The summed E-state index contributed by atoms with van der Waals surface area (Å²) in [6, 6.07) is 11.8. The van der Waals surface area contributed by atoms with E-state index in [1.807, 2.05) is 0 Å². The smallest absolute Gasteiger partial charge is 0.386 e. The van der Waals surface area contributed by atoms with Crippen LogP contribution in [-0.2, 0) is 17.5 Å². The quantitative estimate of drug-likeness (QED) is 0.605. The molecule has 0 aliphatic carbocycles. The molecule has 1 fully saturated rings. The van der Waals surface area contributed by atoms with Crippen LogP contribution in [0.15, 0.2) is 48.5 Å². The number of nitrogens with one attached hydrogen (secondary N) is 1. The van der Waals surface area contributed by atoms with Gasteiger partial charge in [-0.3, -0.25) is 4.79 Å². The van der Waals surface area contributed by atoms with E-state index in [9.17, 15) is 23.1 Å². The lowest BCUT2D eigenvalue weighted by molar-refractivity contribution is -0.138. The Morgan fingerprint density at radius 3 is 2.61 bits per heavy atom. The van der Waals surface area contributed by atoms with Gasteiger partial charge in [-0.25, -0.2) is 0 Å². The number of carbonyl (C=O) groups is 1. The molecule has 0 saturated carbocycles. The standard InChI is InChI=1S/C22H23F3N6O2/c1-15(32)30-12-4-11-21(33,13-30)14-31-28-20(27-29-31)18-5-2-3-6-19(18)26-17-9-7-16(8-10-17)22(23,24)25/h2-3,5-10,26,33H,4,11-14H2,1H3. The molecule has 2 aromatic carbocycles. The number of hydrogen-bond donors (Lipinski definition) is 2. The number of β-amino-alcohol motifs (C(OH)–C–C–N with tert-alkyl or cyclic N) is 1. The third-order valence-corrected chi connectivity index (χ3v) is 5.55. The number of aliphatic hydroxyl groups is 1. The minimum Gasteiger partial charge on any atom is -0.386 e. The highest BCUT2D eigenvalue weighted by molar-refractivity contribution is 5.77. The number of hydrogen-bond acceptors (Lipinski definition) is 6. The molecule has 2 N–H and O–H groups in total. The highest BCUT2D eigenvalue weighted by Crippen LogP contribution is 2.32. The molecule has 2 heterocycles. The summed E-state index contributed by atoms with van der Waals surface area (Å²) in [6.07, 6.45) is -3.21. The number of nitrogens with zero attached hydrogens (tertiary/aromatic N) is 5. The number of halogens is 3. The summed E-state index contributed by atoms with van der Waals surface area (Å²) in [6.45, 7) is 2.36. The van der Waals surface area contributed by atoms with E-state index in [4.69, 9.17) is 0 Å². The molecule has 11 heteroatoms. The van der Waals surface area contributed by atoms with Crippen LogP contribution in [-0.4, -0.2) is 54.8 Å². The van der Waals surface area contributed by atoms with E-state index in [1.54, 1.807) is 29.2 Å². The van der Waals surface area contributed by atoms with E-state index in [0.717, 1.165) is 12.1 Å². The largest absolute Gasteiger partial charge is 0.416 e. The van der Waals surface area contributed by atoms with Crippen molar-refractivity contribution in [3.8, 4) is 11.4 Å². The number of aromatic nitrogens is 4. The monoisotopic (exact) mass is 460 g/mol. The van der Waals surface area contributed by atoms with Crippen molar-refractivity contribution in [2.75, 3.05) is 18.4 Å². The first kappa shape index (κ1) is 22.7. The molecule has 8 nitrogen and oxygen atoms in total. The molecule has 1 aliphatic rings. The van der Waals surface area contributed by atoms with Crippen LogP contribution >= 0.6 is 0 Å². The summed E-state index contributed by atoms with van der Waals surface area (Å²) < 4.78 is 38.4. The van der Waals surface area contributed by atoms with Crippen molar-refractivity contribution in [3.05, 3.63) is 54.1 Å². The molecule has 1 saturated heterocycles. The SMILES string of the molecule is CC(=O)N1CCCC(O)(Cn2nnc(-c3ccccc3Nc3ccc(C(F)(F)F)cc3)n2)C1. The first-order valence-electron chi connectivity index (χ1n) is 10.4. The lowest BCUT2D eigenvalue weighted by Crippen LogP contribution is -2.52. The van der Waals surface area contributed by atoms with Crippen molar-refractivity contribution in [1.82, 2.24) is 25.1 Å². The van der Waals surface area contributed by atoms with E-state index in [-0.39, 0.29) is 19.0 Å². The first-order chi connectivity index (χ1) is 15.6. The minimum atomic E-state index is -4.40. The summed E-state index contributed by atoms with van der Waals surface area (Å²) in [7, 11) is 0. The number of para-hydroxylation sites is 1. The van der Waals surface area contributed by atoms with Crippen LogP contribution < -0.4 is 5.32 Å². The van der Waals surface area contributed by atoms with Gasteiger partial charge in [0.2, 0.25) is 11.7 Å². The highest BCUT2D eigenvalue weighted by atomic mass is 19.4. The average molecular weight is 460 g/mol. The van der Waals surface area contributed by atoms with Crippen LogP contribution in [0.4, 0.5) is 24.5 Å². The zero-order valence-corrected chi connectivity index (χ0v) is 17.9. The fourth-order valence-electron chi connectivity index (χ4n) is 3.88. The predicted molar refractivity (Wildman–Crippen MR) is 114 cm³/mol. The Morgan fingerprint density at radius 1 is 1.18 bits per heavy atom. The number of benzene rings is 2. The number of amides is 1. The van der Waals surface area contributed by atoms with E-state index in [0.29, 0.717) is 42.1 Å². The van der Waals surface area contributed by atoms with E-state index in [1.165, 1.54) is 23.9 Å². The van der Waals surface area contributed by atoms with Crippen LogP contribution in [0.25, 0.3) is 11.4 Å². The summed E-state index contributed by atoms with van der Waals surface area (Å²) in [5.41, 5.74) is -0.209. The molecule has 4 rings (SSSR count). The number of alkyl halides is 3. The van der Waals surface area contributed by atoms with Gasteiger partial charge in [0.25, 0.3) is 0 Å². The molecular formula is C22H23F3N6O2. The van der Waals surface area contributed by atoms with Gasteiger partial charge in [0.05, 0.1) is 18.7 Å². The van der Waals surface area contributed by atoms with Gasteiger partial charge in [0.1, 0.15) is 5.60 Å². The fourth-order valence-corrected chi connectivity index (χ4v) is 3.88. The van der Waals surface area contributed by atoms with Crippen molar-refractivity contribution in [3.63, 3.8) is 0 Å². The predicted octanol–water partition coefficient (Wildman–Crippen LogP) is 3.48. The molecule has 0 spiro atoms. The van der Waals surface area contributed by atoms with E-state index >= 15 is 0 Å². The van der Waals surface area contributed by atoms with Gasteiger partial charge in [0, 0.05) is 30.4 Å². The van der Waals surface area contributed by atoms with Crippen molar-refractivity contribution < 1.29 is 23.1 Å². The molecule has 3 aromatic rings. The molecule has 0 bridgehead atoms. The Bertz CT molecular complexity index is 1130. The van der Waals surface area contributed by atoms with Gasteiger partial charge in [-0.05, 0) is 54.5 Å². The number of piperidine rings is 1. The highest BCUT2D eigenvalue weighted by Gasteiger charge is 2.35. The molecule has 1 aromatic heterocycles. The third-order valence-electron chi connectivity index (χ3n) is 5.55. The lowest BCUT2D eigenvalue weighted by Gasteiger charge is -2.38. The number of carbonyl (C=O) groups excluding carboxylic acids is 1. The zero-order valence-electron chi connectivity index (χ0n) is 17.9. The van der Waals surface area contributed by atoms with Gasteiger partial charge < -0.3 is 15.3 Å². The maximum atomic E-state index is 12.8. The van der Waals surface area contributed by atoms with Crippen LogP contribution in [0, 0.1) is 0 Å². The van der Waals surface area contributed by atoms with Crippen LogP contribution in [0.5, 0.6) is 0 Å². The maximum absolute atomic E-state index is 12.8. The molecule has 174 valence electrons. The second kappa shape index (κ2) is 8.81. The summed E-state index contributed by atoms with van der Waals surface area (Å²) in [4.78, 5) is 14.6. The van der Waals surface area contributed by atoms with Crippen LogP contribution in [0.3, 0.4) is 0 Å². The molecule has 0 radical (unpaired) electrons. The Morgan fingerprint density at radius 2 is 1.91 bits per heavy atom. The average Bonchev–Trinajstić information content (AvgIpc) is 3.21. The molecule has 1 aliphatic heterocycles. The lowest BCUT2D eigenvalue weighted by atomic mass is 9.93. The van der Waals surface area contributed by atoms with Gasteiger partial charge in [-0.15, -0.1) is 10.2 Å². The summed E-state index contributed by atoms with van der Waals surface area (Å²) in [5.74, 6) is 0.205. The van der Waals surface area contributed by atoms with E-state index < -0.39 is 17.3 Å². The Hall–Kier alpha value is -3.47.